The van der Waals surface area contributed by atoms with Gasteiger partial charge in [-0.25, -0.2) is 8.42 Å². The molecular weight excluding hydrogens is 432 g/mol. The van der Waals surface area contributed by atoms with Crippen molar-refractivity contribution >= 4 is 15.9 Å². The summed E-state index contributed by atoms with van der Waals surface area (Å²) < 4.78 is 24.5. The lowest BCUT2D eigenvalue weighted by molar-refractivity contribution is -0.132. The summed E-state index contributed by atoms with van der Waals surface area (Å²) in [5, 5.41) is 0. The van der Waals surface area contributed by atoms with E-state index in [4.69, 9.17) is 0 Å². The number of hydrogen-bond acceptors (Lipinski definition) is 3. The van der Waals surface area contributed by atoms with E-state index in [-0.39, 0.29) is 5.91 Å². The van der Waals surface area contributed by atoms with E-state index in [1.165, 1.54) is 10.6 Å². The van der Waals surface area contributed by atoms with Crippen molar-refractivity contribution < 1.29 is 13.2 Å². The molecule has 1 aliphatic heterocycles. The van der Waals surface area contributed by atoms with E-state index < -0.39 is 10.0 Å². The second kappa shape index (κ2) is 18.3. The molecule has 1 rings (SSSR count). The molecule has 1 saturated heterocycles. The highest BCUT2D eigenvalue weighted by molar-refractivity contribution is 7.88. The Labute approximate surface area is 202 Å². The largest absolute Gasteiger partial charge is 0.340 e. The summed E-state index contributed by atoms with van der Waals surface area (Å²) in [5.74, 6) is 0.0997. The molecule has 0 bridgehead atoms. The molecule has 6 heteroatoms. The summed E-state index contributed by atoms with van der Waals surface area (Å²) in [6.07, 6.45) is 34.3. The van der Waals surface area contributed by atoms with Gasteiger partial charge in [0, 0.05) is 32.6 Å². The van der Waals surface area contributed by atoms with Crippen molar-refractivity contribution in [1.29, 1.82) is 0 Å². The normalized spacial score (nSPS) is 16.7. The van der Waals surface area contributed by atoms with Crippen molar-refractivity contribution in [3.05, 3.63) is 72.9 Å². The fourth-order valence-electron chi connectivity index (χ4n) is 3.27. The van der Waals surface area contributed by atoms with Gasteiger partial charge >= 0.3 is 0 Å². The highest BCUT2D eigenvalue weighted by Gasteiger charge is 2.25. The van der Waals surface area contributed by atoms with E-state index in [9.17, 15) is 13.2 Å². The van der Waals surface area contributed by atoms with Gasteiger partial charge in [0.1, 0.15) is 0 Å². The van der Waals surface area contributed by atoms with Crippen molar-refractivity contribution in [3.63, 3.8) is 0 Å². The number of carbonyl (C=O) groups excluding carboxylic acids is 1. The molecule has 0 unspecified atom stereocenters. The Bertz CT molecular complexity index is 812. The van der Waals surface area contributed by atoms with Crippen molar-refractivity contribution in [2.24, 2.45) is 0 Å². The van der Waals surface area contributed by atoms with Crippen LogP contribution in [0.25, 0.3) is 0 Å². The molecule has 5 nitrogen and oxygen atoms in total. The van der Waals surface area contributed by atoms with Crippen LogP contribution < -0.4 is 0 Å². The first-order valence-corrected chi connectivity index (χ1v) is 13.9. The first-order chi connectivity index (χ1) is 15.9. The standard InChI is InChI=1S/C27H42N2O3S/c1-3-4-5-6-7-8-9-10-11-12-13-14-15-16-17-18-19-20-21-22-27(30)28-23-25-29(26-24-28)33(2,31)32/h4-5,7-8,10-11,13-14,16-17,19-20H,3,6,9,12,15,18,21-26H2,1-2H3/b5-4-,8-7-,11-10-,14-13-,17-16-,20-19-. The number of rotatable bonds is 15. The van der Waals surface area contributed by atoms with Crippen LogP contribution in [0.1, 0.15) is 58.3 Å². The van der Waals surface area contributed by atoms with E-state index in [2.05, 4.69) is 73.8 Å². The van der Waals surface area contributed by atoms with Crippen LogP contribution in [0.15, 0.2) is 72.9 Å². The third kappa shape index (κ3) is 15.3. The molecular formula is C27H42N2O3S. The molecule has 0 aromatic carbocycles. The summed E-state index contributed by atoms with van der Waals surface area (Å²) in [4.78, 5) is 14.0. The lowest BCUT2D eigenvalue weighted by atomic mass is 10.2. The van der Waals surface area contributed by atoms with Crippen LogP contribution in [0.3, 0.4) is 0 Å². The molecule has 1 amide bonds. The van der Waals surface area contributed by atoms with Gasteiger partial charge in [-0.1, -0.05) is 79.8 Å². The van der Waals surface area contributed by atoms with Gasteiger partial charge in [-0.05, 0) is 44.9 Å². The van der Waals surface area contributed by atoms with E-state index in [0.29, 0.717) is 32.6 Å². The highest BCUT2D eigenvalue weighted by Crippen LogP contribution is 2.08. The molecule has 0 N–H and O–H groups in total. The summed E-state index contributed by atoms with van der Waals surface area (Å²) >= 11 is 0. The van der Waals surface area contributed by atoms with Crippen LogP contribution in [0, 0.1) is 0 Å². The topological polar surface area (TPSA) is 57.7 Å². The van der Waals surface area contributed by atoms with Crippen LogP contribution >= 0.6 is 0 Å². The fraction of sp³-hybridized carbons (Fsp3) is 0.519. The van der Waals surface area contributed by atoms with E-state index >= 15 is 0 Å². The maximum atomic E-state index is 12.2. The molecule has 0 spiro atoms. The summed E-state index contributed by atoms with van der Waals surface area (Å²) in [6.45, 7) is 3.90. The average Bonchev–Trinajstić information content (AvgIpc) is 2.80. The predicted molar refractivity (Wildman–Crippen MR) is 140 cm³/mol. The number of allylic oxidation sites excluding steroid dienone is 12. The number of piperazine rings is 1. The summed E-state index contributed by atoms with van der Waals surface area (Å²) in [7, 11) is -3.16. The Kier molecular flexibility index (Phi) is 16.0. The molecule has 0 aromatic heterocycles. The quantitative estimate of drug-likeness (QED) is 0.292. The van der Waals surface area contributed by atoms with E-state index in [1.807, 2.05) is 6.08 Å². The molecule has 0 atom stereocenters. The molecule has 0 radical (unpaired) electrons. The number of amides is 1. The van der Waals surface area contributed by atoms with Gasteiger partial charge in [0.25, 0.3) is 0 Å². The lowest BCUT2D eigenvalue weighted by Crippen LogP contribution is -2.50. The Morgan fingerprint density at radius 3 is 1.45 bits per heavy atom. The van der Waals surface area contributed by atoms with Crippen LogP contribution in [-0.2, 0) is 14.8 Å². The zero-order valence-corrected chi connectivity index (χ0v) is 21.3. The van der Waals surface area contributed by atoms with Crippen LogP contribution in [0.5, 0.6) is 0 Å². The van der Waals surface area contributed by atoms with Gasteiger partial charge in [-0.15, -0.1) is 0 Å². The third-order valence-corrected chi connectivity index (χ3v) is 6.48. The lowest BCUT2D eigenvalue weighted by Gasteiger charge is -2.33. The van der Waals surface area contributed by atoms with Crippen molar-refractivity contribution in [1.82, 2.24) is 9.21 Å². The fourth-order valence-corrected chi connectivity index (χ4v) is 4.10. The minimum absolute atomic E-state index is 0.0997. The van der Waals surface area contributed by atoms with Gasteiger partial charge in [0.05, 0.1) is 6.26 Å². The molecule has 33 heavy (non-hydrogen) atoms. The second-order valence-electron chi connectivity index (χ2n) is 8.00. The first kappa shape index (κ1) is 28.9. The van der Waals surface area contributed by atoms with Gasteiger partial charge in [-0.2, -0.15) is 4.31 Å². The summed E-state index contributed by atoms with van der Waals surface area (Å²) in [6, 6.07) is 0. The Morgan fingerprint density at radius 1 is 0.667 bits per heavy atom. The van der Waals surface area contributed by atoms with Crippen LogP contribution in [0.2, 0.25) is 0 Å². The number of carbonyl (C=O) groups is 1. The molecule has 0 saturated carbocycles. The predicted octanol–water partition coefficient (Wildman–Crippen LogP) is 5.57. The van der Waals surface area contributed by atoms with Gasteiger partial charge < -0.3 is 4.90 Å². The van der Waals surface area contributed by atoms with Gasteiger partial charge in [0.15, 0.2) is 0 Å². The van der Waals surface area contributed by atoms with Crippen LogP contribution in [0.4, 0.5) is 0 Å². The minimum Gasteiger partial charge on any atom is -0.340 e. The Hall–Kier alpha value is -2.18. The van der Waals surface area contributed by atoms with E-state index in [0.717, 1.165) is 44.9 Å². The smallest absolute Gasteiger partial charge is 0.222 e. The zero-order chi connectivity index (χ0) is 24.2. The molecule has 184 valence electrons. The third-order valence-electron chi connectivity index (χ3n) is 5.18. The molecule has 1 fully saturated rings. The molecule has 1 aliphatic rings. The molecule has 0 aliphatic carbocycles. The first-order valence-electron chi connectivity index (χ1n) is 12.1. The van der Waals surface area contributed by atoms with Crippen LogP contribution in [-0.4, -0.2) is 56.0 Å². The number of sulfonamides is 1. The summed E-state index contributed by atoms with van der Waals surface area (Å²) in [5.41, 5.74) is 0. The molecule has 0 aromatic rings. The monoisotopic (exact) mass is 474 g/mol. The zero-order valence-electron chi connectivity index (χ0n) is 20.4. The highest BCUT2D eigenvalue weighted by atomic mass is 32.2. The van der Waals surface area contributed by atoms with Gasteiger partial charge in [-0.3, -0.25) is 4.79 Å². The maximum absolute atomic E-state index is 12.2. The SMILES string of the molecule is CC/C=C\C/C=C\C/C=C\C/C=C\C/C=C\C/C=C\CCC(=O)N1CCN(S(C)(=O)=O)CC1. The minimum atomic E-state index is -3.16. The number of hydrogen-bond donors (Lipinski definition) is 0. The number of nitrogens with zero attached hydrogens (tertiary/aromatic N) is 2. The Balaban J connectivity index is 2.03. The van der Waals surface area contributed by atoms with Crippen molar-refractivity contribution in [3.8, 4) is 0 Å². The van der Waals surface area contributed by atoms with Gasteiger partial charge in [0.2, 0.25) is 15.9 Å². The molecule has 1 heterocycles. The average molecular weight is 475 g/mol. The van der Waals surface area contributed by atoms with E-state index in [1.54, 1.807) is 4.90 Å². The van der Waals surface area contributed by atoms with Crippen molar-refractivity contribution in [2.75, 3.05) is 32.4 Å². The second-order valence-corrected chi connectivity index (χ2v) is 9.98. The van der Waals surface area contributed by atoms with Crippen molar-refractivity contribution in [2.45, 2.75) is 58.3 Å². The Morgan fingerprint density at radius 2 is 1.06 bits per heavy atom. The maximum Gasteiger partial charge on any atom is 0.222 e.